The van der Waals surface area contributed by atoms with Gasteiger partial charge >= 0.3 is 0 Å². The van der Waals surface area contributed by atoms with E-state index in [0.29, 0.717) is 18.8 Å². The van der Waals surface area contributed by atoms with Gasteiger partial charge in [0, 0.05) is 44.2 Å². The number of anilines is 1. The number of nitrogens with one attached hydrogen (secondary N) is 1. The van der Waals surface area contributed by atoms with E-state index in [1.54, 1.807) is 4.90 Å². The lowest BCUT2D eigenvalue weighted by Gasteiger charge is -2.25. The summed E-state index contributed by atoms with van der Waals surface area (Å²) >= 11 is 0. The number of aromatic nitrogens is 2. The Bertz CT molecular complexity index is 764. The van der Waals surface area contributed by atoms with E-state index >= 15 is 0 Å². The molecule has 1 fully saturated rings. The van der Waals surface area contributed by atoms with Crippen molar-refractivity contribution in [1.29, 1.82) is 0 Å². The highest BCUT2D eigenvalue weighted by Gasteiger charge is 2.24. The molecule has 8 heteroatoms. The van der Waals surface area contributed by atoms with E-state index in [1.165, 1.54) is 42.9 Å². The van der Waals surface area contributed by atoms with Crippen LogP contribution in [0.25, 0.3) is 0 Å². The zero-order valence-electron chi connectivity index (χ0n) is 14.8. The van der Waals surface area contributed by atoms with Gasteiger partial charge in [0.25, 0.3) is 5.91 Å². The topological polar surface area (TPSA) is 84.4 Å². The van der Waals surface area contributed by atoms with E-state index in [2.05, 4.69) is 15.3 Å². The molecule has 1 aromatic heterocycles. The van der Waals surface area contributed by atoms with Crippen LogP contribution in [0.4, 0.5) is 10.1 Å². The fourth-order valence-electron chi connectivity index (χ4n) is 2.87. The highest BCUT2D eigenvalue weighted by atomic mass is 19.1. The maximum Gasteiger partial charge on any atom is 0.274 e. The number of carbonyl (C=O) groups is 2. The first-order valence-corrected chi connectivity index (χ1v) is 8.84. The van der Waals surface area contributed by atoms with Crippen LogP contribution in [0.3, 0.4) is 0 Å². The molecule has 1 atom stereocenters. The van der Waals surface area contributed by atoms with Crippen LogP contribution in [0, 0.1) is 5.82 Å². The van der Waals surface area contributed by atoms with E-state index in [-0.39, 0.29) is 42.4 Å². The van der Waals surface area contributed by atoms with Crippen LogP contribution < -0.4 is 5.32 Å². The summed E-state index contributed by atoms with van der Waals surface area (Å²) in [6.45, 7) is 1.31. The third kappa shape index (κ3) is 5.55. The molecule has 0 bridgehead atoms. The fourth-order valence-corrected chi connectivity index (χ4v) is 2.87. The lowest BCUT2D eigenvalue weighted by Crippen LogP contribution is -2.39. The van der Waals surface area contributed by atoms with E-state index in [0.717, 1.165) is 12.8 Å². The SMILES string of the molecule is O=C(CCN(C[C@@H]1CCCO1)C(=O)c1cnccn1)Nc1ccc(F)cc1. The standard InChI is InChI=1S/C19H21FN4O3/c20-14-3-5-15(6-4-14)23-18(25)7-10-24(13-16-2-1-11-27-16)19(26)17-12-21-8-9-22-17/h3-6,8-9,12,16H,1-2,7,10-11,13H2,(H,23,25)/t16-/m0/s1. The first kappa shape index (κ1) is 18.9. The number of hydrogen-bond donors (Lipinski definition) is 1. The van der Waals surface area contributed by atoms with Gasteiger partial charge in [0.1, 0.15) is 11.5 Å². The van der Waals surface area contributed by atoms with Crippen LogP contribution in [0.2, 0.25) is 0 Å². The molecule has 142 valence electrons. The Balaban J connectivity index is 1.60. The van der Waals surface area contributed by atoms with Crippen LogP contribution >= 0.6 is 0 Å². The van der Waals surface area contributed by atoms with Crippen molar-refractivity contribution in [2.75, 3.05) is 25.0 Å². The molecule has 1 aliphatic rings. The van der Waals surface area contributed by atoms with Gasteiger partial charge in [-0.3, -0.25) is 14.6 Å². The first-order chi connectivity index (χ1) is 13.1. The molecule has 2 aromatic rings. The lowest BCUT2D eigenvalue weighted by atomic mass is 10.2. The number of amides is 2. The zero-order chi connectivity index (χ0) is 19.1. The first-order valence-electron chi connectivity index (χ1n) is 8.84. The predicted molar refractivity (Wildman–Crippen MR) is 96.6 cm³/mol. The summed E-state index contributed by atoms with van der Waals surface area (Å²) in [6.07, 6.45) is 6.27. The molecule has 2 amide bonds. The quantitative estimate of drug-likeness (QED) is 0.806. The van der Waals surface area contributed by atoms with Crippen molar-refractivity contribution in [3.63, 3.8) is 0 Å². The van der Waals surface area contributed by atoms with Crippen molar-refractivity contribution in [1.82, 2.24) is 14.9 Å². The normalized spacial score (nSPS) is 16.1. The highest BCUT2D eigenvalue weighted by Crippen LogP contribution is 2.15. The molecule has 1 aliphatic heterocycles. The summed E-state index contributed by atoms with van der Waals surface area (Å²) in [5.41, 5.74) is 0.738. The maximum absolute atomic E-state index is 12.9. The minimum atomic E-state index is -0.370. The van der Waals surface area contributed by atoms with Gasteiger partial charge in [-0.05, 0) is 37.1 Å². The summed E-state index contributed by atoms with van der Waals surface area (Å²) in [5, 5.41) is 2.69. The molecule has 1 aromatic carbocycles. The summed E-state index contributed by atoms with van der Waals surface area (Å²) < 4.78 is 18.6. The second-order valence-corrected chi connectivity index (χ2v) is 6.28. The van der Waals surface area contributed by atoms with Gasteiger partial charge in [0.05, 0.1) is 12.3 Å². The second-order valence-electron chi connectivity index (χ2n) is 6.28. The van der Waals surface area contributed by atoms with Gasteiger partial charge in [0.2, 0.25) is 5.91 Å². The number of ether oxygens (including phenoxy) is 1. The van der Waals surface area contributed by atoms with E-state index in [1.807, 2.05) is 0 Å². The Morgan fingerprint density at radius 1 is 1.26 bits per heavy atom. The Morgan fingerprint density at radius 2 is 2.07 bits per heavy atom. The molecular formula is C19H21FN4O3. The van der Waals surface area contributed by atoms with Crippen molar-refractivity contribution in [2.24, 2.45) is 0 Å². The molecular weight excluding hydrogens is 351 g/mol. The van der Waals surface area contributed by atoms with Crippen molar-refractivity contribution >= 4 is 17.5 Å². The molecule has 0 saturated carbocycles. The number of hydrogen-bond acceptors (Lipinski definition) is 5. The van der Waals surface area contributed by atoms with Crippen molar-refractivity contribution in [3.8, 4) is 0 Å². The molecule has 7 nitrogen and oxygen atoms in total. The maximum atomic E-state index is 12.9. The summed E-state index contributed by atoms with van der Waals surface area (Å²) in [7, 11) is 0. The average Bonchev–Trinajstić information content (AvgIpc) is 3.20. The molecule has 0 spiro atoms. The zero-order valence-corrected chi connectivity index (χ0v) is 14.8. The predicted octanol–water partition coefficient (Wildman–Crippen LogP) is 2.27. The Kier molecular flexibility index (Phi) is 6.43. The van der Waals surface area contributed by atoms with Crippen LogP contribution in [0.15, 0.2) is 42.9 Å². The van der Waals surface area contributed by atoms with Crippen molar-refractivity contribution in [2.45, 2.75) is 25.4 Å². The van der Waals surface area contributed by atoms with Gasteiger partial charge in [-0.25, -0.2) is 9.37 Å². The Hall–Kier alpha value is -2.87. The van der Waals surface area contributed by atoms with E-state index < -0.39 is 0 Å². The lowest BCUT2D eigenvalue weighted by molar-refractivity contribution is -0.116. The van der Waals surface area contributed by atoms with E-state index in [4.69, 9.17) is 4.74 Å². The van der Waals surface area contributed by atoms with E-state index in [9.17, 15) is 14.0 Å². The van der Waals surface area contributed by atoms with Crippen LogP contribution in [-0.4, -0.2) is 52.5 Å². The Morgan fingerprint density at radius 3 is 2.74 bits per heavy atom. The molecule has 27 heavy (non-hydrogen) atoms. The fraction of sp³-hybridized carbons (Fsp3) is 0.368. The third-order valence-electron chi connectivity index (χ3n) is 4.25. The molecule has 2 heterocycles. The van der Waals surface area contributed by atoms with Gasteiger partial charge in [-0.15, -0.1) is 0 Å². The highest BCUT2D eigenvalue weighted by molar-refractivity contribution is 5.93. The summed E-state index contributed by atoms with van der Waals surface area (Å²) in [4.78, 5) is 34.5. The molecule has 0 radical (unpaired) electrons. The molecule has 1 N–H and O–H groups in total. The minimum Gasteiger partial charge on any atom is -0.376 e. The van der Waals surface area contributed by atoms with Crippen LogP contribution in [0.5, 0.6) is 0 Å². The van der Waals surface area contributed by atoms with Gasteiger partial charge < -0.3 is 15.0 Å². The van der Waals surface area contributed by atoms with Crippen molar-refractivity contribution < 1.29 is 18.7 Å². The average molecular weight is 372 g/mol. The smallest absolute Gasteiger partial charge is 0.274 e. The largest absolute Gasteiger partial charge is 0.376 e. The second kappa shape index (κ2) is 9.18. The van der Waals surface area contributed by atoms with Gasteiger partial charge in [0.15, 0.2) is 0 Å². The number of benzene rings is 1. The monoisotopic (exact) mass is 372 g/mol. The van der Waals surface area contributed by atoms with Crippen LogP contribution in [0.1, 0.15) is 29.8 Å². The molecule has 3 rings (SSSR count). The molecule has 0 aliphatic carbocycles. The number of nitrogens with zero attached hydrogens (tertiary/aromatic N) is 3. The number of halogens is 1. The third-order valence-corrected chi connectivity index (χ3v) is 4.25. The van der Waals surface area contributed by atoms with Crippen molar-refractivity contribution in [3.05, 3.63) is 54.4 Å². The van der Waals surface area contributed by atoms with Gasteiger partial charge in [-0.2, -0.15) is 0 Å². The minimum absolute atomic E-state index is 0.0363. The number of rotatable bonds is 7. The number of carbonyl (C=O) groups excluding carboxylic acids is 2. The molecule has 1 saturated heterocycles. The Labute approximate surface area is 156 Å². The van der Waals surface area contributed by atoms with Gasteiger partial charge in [-0.1, -0.05) is 0 Å². The summed E-state index contributed by atoms with van der Waals surface area (Å²) in [6, 6.07) is 5.53. The molecule has 0 unspecified atom stereocenters. The summed E-state index contributed by atoms with van der Waals surface area (Å²) in [5.74, 6) is -0.913. The van der Waals surface area contributed by atoms with Crippen LogP contribution in [-0.2, 0) is 9.53 Å².